The Labute approximate surface area is 176 Å². The molecule has 0 aliphatic heterocycles. The van der Waals surface area contributed by atoms with Gasteiger partial charge in [-0.15, -0.1) is 0 Å². The van der Waals surface area contributed by atoms with Gasteiger partial charge in [0.2, 0.25) is 0 Å². The van der Waals surface area contributed by atoms with Crippen molar-refractivity contribution in [3.05, 3.63) is 70.7 Å². The van der Waals surface area contributed by atoms with Gasteiger partial charge in [-0.05, 0) is 62.4 Å². The van der Waals surface area contributed by atoms with Gasteiger partial charge in [-0.1, -0.05) is 74.8 Å². The van der Waals surface area contributed by atoms with Crippen molar-refractivity contribution in [3.63, 3.8) is 0 Å². The SMILES string of the molecule is CCC(CCC(C#N)(c1ccc(Cl)cc1)C(C)C)N(C)C(C)c1ccccc1. The minimum atomic E-state index is -0.491. The summed E-state index contributed by atoms with van der Waals surface area (Å²) in [7, 11) is 2.21. The average molecular weight is 397 g/mol. The average Bonchev–Trinajstić information content (AvgIpc) is 2.72. The molecule has 0 N–H and O–H groups in total. The van der Waals surface area contributed by atoms with Crippen LogP contribution in [-0.2, 0) is 5.41 Å². The predicted molar refractivity (Wildman–Crippen MR) is 120 cm³/mol. The van der Waals surface area contributed by atoms with E-state index in [1.807, 2.05) is 24.3 Å². The molecule has 3 heteroatoms. The molecule has 0 bridgehead atoms. The van der Waals surface area contributed by atoms with Gasteiger partial charge in [-0.25, -0.2) is 0 Å². The second-order valence-electron chi connectivity index (χ2n) is 8.10. The van der Waals surface area contributed by atoms with Gasteiger partial charge in [0.15, 0.2) is 0 Å². The highest BCUT2D eigenvalue weighted by molar-refractivity contribution is 6.30. The number of benzene rings is 2. The van der Waals surface area contributed by atoms with E-state index in [2.05, 4.69) is 76.0 Å². The van der Waals surface area contributed by atoms with Gasteiger partial charge in [0.25, 0.3) is 0 Å². The number of nitriles is 1. The maximum absolute atomic E-state index is 10.2. The third-order valence-corrected chi connectivity index (χ3v) is 6.61. The third kappa shape index (κ3) is 4.96. The lowest BCUT2D eigenvalue weighted by Gasteiger charge is -2.37. The summed E-state index contributed by atoms with van der Waals surface area (Å²) < 4.78 is 0. The summed E-state index contributed by atoms with van der Waals surface area (Å²) in [6, 6.07) is 21.9. The molecule has 3 unspecified atom stereocenters. The van der Waals surface area contributed by atoms with Crippen LogP contribution in [0.25, 0.3) is 0 Å². The molecule has 0 aliphatic rings. The summed E-state index contributed by atoms with van der Waals surface area (Å²) in [6.07, 6.45) is 2.89. The number of rotatable bonds is 9. The highest BCUT2D eigenvalue weighted by Crippen LogP contribution is 2.38. The molecule has 2 aromatic rings. The summed E-state index contributed by atoms with van der Waals surface area (Å²) >= 11 is 6.08. The molecule has 150 valence electrons. The van der Waals surface area contributed by atoms with Crippen LogP contribution in [-0.4, -0.2) is 18.0 Å². The van der Waals surface area contributed by atoms with E-state index in [1.54, 1.807) is 0 Å². The summed E-state index contributed by atoms with van der Waals surface area (Å²) in [5.74, 6) is 0.230. The molecular formula is C25H33ClN2. The first kappa shape index (κ1) is 22.5. The Morgan fingerprint density at radius 2 is 1.64 bits per heavy atom. The van der Waals surface area contributed by atoms with E-state index in [1.165, 1.54) is 5.56 Å². The zero-order valence-electron chi connectivity index (χ0n) is 17.8. The lowest BCUT2D eigenvalue weighted by atomic mass is 9.69. The molecule has 0 saturated heterocycles. The molecule has 0 aliphatic carbocycles. The van der Waals surface area contributed by atoms with Crippen LogP contribution < -0.4 is 0 Å². The molecule has 2 rings (SSSR count). The first-order valence-corrected chi connectivity index (χ1v) is 10.7. The largest absolute Gasteiger partial charge is 0.297 e. The zero-order valence-corrected chi connectivity index (χ0v) is 18.6. The van der Waals surface area contributed by atoms with Crippen LogP contribution in [0.15, 0.2) is 54.6 Å². The fourth-order valence-corrected chi connectivity index (χ4v) is 4.26. The number of halogens is 1. The molecular weight excluding hydrogens is 364 g/mol. The molecule has 0 spiro atoms. The van der Waals surface area contributed by atoms with Gasteiger partial charge in [-0.2, -0.15) is 5.26 Å². The summed E-state index contributed by atoms with van der Waals surface area (Å²) in [6.45, 7) is 8.80. The van der Waals surface area contributed by atoms with Crippen LogP contribution >= 0.6 is 11.6 Å². The smallest absolute Gasteiger partial charge is 0.0845 e. The number of hydrogen-bond acceptors (Lipinski definition) is 2. The molecule has 2 nitrogen and oxygen atoms in total. The number of nitrogens with zero attached hydrogens (tertiary/aromatic N) is 2. The fraction of sp³-hybridized carbons (Fsp3) is 0.480. The topological polar surface area (TPSA) is 27.0 Å². The first-order chi connectivity index (χ1) is 13.4. The van der Waals surface area contributed by atoms with Crippen molar-refractivity contribution in [2.24, 2.45) is 5.92 Å². The van der Waals surface area contributed by atoms with Gasteiger partial charge < -0.3 is 0 Å². The summed E-state index contributed by atoms with van der Waals surface area (Å²) in [5.41, 5.74) is 1.91. The van der Waals surface area contributed by atoms with E-state index in [9.17, 15) is 5.26 Å². The molecule has 0 aromatic heterocycles. The maximum Gasteiger partial charge on any atom is 0.0845 e. The van der Waals surface area contributed by atoms with E-state index in [-0.39, 0.29) is 5.92 Å². The van der Waals surface area contributed by atoms with Gasteiger partial charge in [-0.3, -0.25) is 4.90 Å². The van der Waals surface area contributed by atoms with Crippen molar-refractivity contribution in [1.82, 2.24) is 4.90 Å². The third-order valence-electron chi connectivity index (χ3n) is 6.36. The fourth-order valence-electron chi connectivity index (χ4n) is 4.14. The lowest BCUT2D eigenvalue weighted by molar-refractivity contribution is 0.158. The van der Waals surface area contributed by atoms with Gasteiger partial charge in [0.1, 0.15) is 0 Å². The minimum Gasteiger partial charge on any atom is -0.297 e. The highest BCUT2D eigenvalue weighted by Gasteiger charge is 2.37. The lowest BCUT2D eigenvalue weighted by Crippen LogP contribution is -2.37. The minimum absolute atomic E-state index is 0.230. The van der Waals surface area contributed by atoms with Crippen LogP contribution in [0, 0.1) is 17.2 Å². The van der Waals surface area contributed by atoms with Gasteiger partial charge in [0, 0.05) is 17.1 Å². The van der Waals surface area contributed by atoms with E-state index in [4.69, 9.17) is 11.6 Å². The van der Waals surface area contributed by atoms with Gasteiger partial charge in [0.05, 0.1) is 11.5 Å². The molecule has 0 heterocycles. The first-order valence-electron chi connectivity index (χ1n) is 10.3. The zero-order chi connectivity index (χ0) is 20.7. The van der Waals surface area contributed by atoms with E-state index < -0.39 is 5.41 Å². The van der Waals surface area contributed by atoms with Crippen LogP contribution in [0.5, 0.6) is 0 Å². The molecule has 3 atom stereocenters. The van der Waals surface area contributed by atoms with Crippen molar-refractivity contribution in [2.45, 2.75) is 64.5 Å². The number of hydrogen-bond donors (Lipinski definition) is 0. The van der Waals surface area contributed by atoms with Crippen LogP contribution in [0.3, 0.4) is 0 Å². The second-order valence-corrected chi connectivity index (χ2v) is 8.53. The second kappa shape index (κ2) is 10.1. The summed E-state index contributed by atoms with van der Waals surface area (Å²) in [4.78, 5) is 2.46. The molecule has 0 amide bonds. The standard InChI is InChI=1S/C25H33ClN2/c1-6-24(28(5)20(4)21-10-8-7-9-11-21)16-17-25(18-27,19(2)3)22-12-14-23(26)15-13-22/h7-15,19-20,24H,6,16-17H2,1-5H3. The Balaban J connectivity index is 2.20. The maximum atomic E-state index is 10.2. The molecule has 0 saturated carbocycles. The molecule has 2 aromatic carbocycles. The Morgan fingerprint density at radius 3 is 2.14 bits per heavy atom. The van der Waals surface area contributed by atoms with Crippen LogP contribution in [0.4, 0.5) is 0 Å². The molecule has 0 fully saturated rings. The van der Waals surface area contributed by atoms with E-state index in [0.717, 1.165) is 24.8 Å². The van der Waals surface area contributed by atoms with Crippen molar-refractivity contribution in [3.8, 4) is 6.07 Å². The molecule has 28 heavy (non-hydrogen) atoms. The monoisotopic (exact) mass is 396 g/mol. The Bertz CT molecular complexity index is 763. The van der Waals surface area contributed by atoms with E-state index >= 15 is 0 Å². The van der Waals surface area contributed by atoms with Crippen molar-refractivity contribution >= 4 is 11.6 Å². The highest BCUT2D eigenvalue weighted by atomic mass is 35.5. The quantitative estimate of drug-likeness (QED) is 0.455. The Hall–Kier alpha value is -1.82. The van der Waals surface area contributed by atoms with Crippen LogP contribution in [0.1, 0.15) is 64.1 Å². The van der Waals surface area contributed by atoms with Gasteiger partial charge >= 0.3 is 0 Å². The van der Waals surface area contributed by atoms with Crippen molar-refractivity contribution < 1.29 is 0 Å². The Kier molecular flexibility index (Phi) is 8.10. The van der Waals surface area contributed by atoms with Crippen molar-refractivity contribution in [2.75, 3.05) is 7.05 Å². The predicted octanol–water partition coefficient (Wildman–Crippen LogP) is 7.01. The Morgan fingerprint density at radius 1 is 1.04 bits per heavy atom. The van der Waals surface area contributed by atoms with Crippen LogP contribution in [0.2, 0.25) is 5.02 Å². The van der Waals surface area contributed by atoms with Crippen molar-refractivity contribution in [1.29, 1.82) is 5.26 Å². The summed E-state index contributed by atoms with van der Waals surface area (Å²) in [5, 5.41) is 10.9. The normalized spacial score (nSPS) is 15.8. The molecule has 0 radical (unpaired) electrons. The van der Waals surface area contributed by atoms with E-state index in [0.29, 0.717) is 17.1 Å².